The van der Waals surface area contributed by atoms with E-state index < -0.39 is 24.8 Å². The van der Waals surface area contributed by atoms with Crippen molar-refractivity contribution in [1.29, 1.82) is 0 Å². The Kier molecular flexibility index (Phi) is 10.3. The van der Waals surface area contributed by atoms with Crippen LogP contribution in [0.15, 0.2) is 60.7 Å². The summed E-state index contributed by atoms with van der Waals surface area (Å²) < 4.78 is 54.6. The molecule has 9 heteroatoms. The smallest absolute Gasteiger partial charge is 0.184 e. The molecule has 0 spiro atoms. The predicted octanol–water partition coefficient (Wildman–Crippen LogP) is 3.05. The fraction of sp³-hybridized carbons (Fsp3) is 0.571. The number of ether oxygens (including phenoxy) is 9. The van der Waals surface area contributed by atoms with Crippen LogP contribution < -0.4 is 0 Å². The number of rotatable bonds is 2. The first kappa shape index (κ1) is 26.7. The van der Waals surface area contributed by atoms with Gasteiger partial charge in [0.1, 0.15) is 24.4 Å². The minimum Gasteiger partial charge on any atom is -0.377 e. The van der Waals surface area contributed by atoms with Gasteiger partial charge in [0, 0.05) is 11.1 Å². The monoisotopic (exact) mass is 516 g/mol. The Balaban J connectivity index is 1.37. The van der Waals surface area contributed by atoms with Crippen molar-refractivity contribution < 1.29 is 42.6 Å². The van der Waals surface area contributed by atoms with Gasteiger partial charge >= 0.3 is 0 Å². The number of benzene rings is 2. The maximum atomic E-state index is 6.55. The van der Waals surface area contributed by atoms with Gasteiger partial charge in [-0.05, 0) is 0 Å². The molecule has 5 rings (SSSR count). The molecule has 0 bridgehead atoms. The van der Waals surface area contributed by atoms with Crippen molar-refractivity contribution in [1.82, 2.24) is 0 Å². The normalized spacial score (nSPS) is 33.0. The van der Waals surface area contributed by atoms with Crippen molar-refractivity contribution >= 4 is 0 Å². The second kappa shape index (κ2) is 14.3. The van der Waals surface area contributed by atoms with Crippen LogP contribution in [-0.2, 0) is 42.6 Å². The first-order valence-corrected chi connectivity index (χ1v) is 13.0. The summed E-state index contributed by atoms with van der Waals surface area (Å²) in [6, 6.07) is 19.8. The van der Waals surface area contributed by atoms with Crippen molar-refractivity contribution in [3.63, 3.8) is 0 Å². The van der Waals surface area contributed by atoms with Crippen LogP contribution in [0.1, 0.15) is 23.7 Å². The lowest BCUT2D eigenvalue weighted by Crippen LogP contribution is -2.57. The molecule has 0 aromatic heterocycles. The van der Waals surface area contributed by atoms with Crippen LogP contribution in [0.25, 0.3) is 0 Å². The SMILES string of the molecule is c1ccc([C@@H]2OC[C@H]3OCCOCCOCCOCCO[C@H]4CO[C@H](c5ccccc5)O[C@H]4[C@@H]3O2)cc1. The largest absolute Gasteiger partial charge is 0.377 e. The quantitative estimate of drug-likeness (QED) is 0.598. The summed E-state index contributed by atoms with van der Waals surface area (Å²) in [5, 5.41) is 0. The zero-order valence-electron chi connectivity index (χ0n) is 21.0. The van der Waals surface area contributed by atoms with Crippen LogP contribution in [0, 0.1) is 0 Å². The zero-order chi connectivity index (χ0) is 25.1. The summed E-state index contributed by atoms with van der Waals surface area (Å²) in [7, 11) is 0. The summed E-state index contributed by atoms with van der Waals surface area (Å²) in [6.07, 6.45) is -2.76. The topological polar surface area (TPSA) is 83.1 Å². The van der Waals surface area contributed by atoms with E-state index in [9.17, 15) is 0 Å². The zero-order valence-corrected chi connectivity index (χ0v) is 21.0. The highest BCUT2D eigenvalue weighted by Crippen LogP contribution is 2.36. The van der Waals surface area contributed by atoms with E-state index >= 15 is 0 Å². The first-order valence-electron chi connectivity index (χ1n) is 13.0. The second-order valence-corrected chi connectivity index (χ2v) is 9.01. The van der Waals surface area contributed by atoms with E-state index in [-0.39, 0.29) is 12.2 Å². The Morgan fingerprint density at radius 2 is 0.811 bits per heavy atom. The molecule has 0 amide bonds. The molecule has 0 aliphatic carbocycles. The first-order chi connectivity index (χ1) is 18.4. The van der Waals surface area contributed by atoms with E-state index in [1.165, 1.54) is 0 Å². The van der Waals surface area contributed by atoms with E-state index in [1.807, 2.05) is 60.7 Å². The Morgan fingerprint density at radius 3 is 1.22 bits per heavy atom. The van der Waals surface area contributed by atoms with Gasteiger partial charge in [-0.3, -0.25) is 0 Å². The third-order valence-electron chi connectivity index (χ3n) is 6.45. The van der Waals surface area contributed by atoms with Crippen molar-refractivity contribution in [2.24, 2.45) is 0 Å². The van der Waals surface area contributed by atoms with Gasteiger partial charge in [0.15, 0.2) is 12.6 Å². The number of fused-ring (bicyclic) bond motifs is 3. The molecule has 0 unspecified atom stereocenters. The average molecular weight is 517 g/mol. The van der Waals surface area contributed by atoms with E-state index in [0.29, 0.717) is 66.1 Å². The van der Waals surface area contributed by atoms with Gasteiger partial charge in [-0.2, -0.15) is 0 Å². The Bertz CT molecular complexity index is 826. The molecule has 3 fully saturated rings. The average Bonchev–Trinajstić information content (AvgIpc) is 2.96. The second-order valence-electron chi connectivity index (χ2n) is 9.01. The molecule has 37 heavy (non-hydrogen) atoms. The van der Waals surface area contributed by atoms with Crippen LogP contribution in [-0.4, -0.2) is 90.5 Å². The number of hydrogen-bond donors (Lipinski definition) is 0. The van der Waals surface area contributed by atoms with E-state index in [0.717, 1.165) is 11.1 Å². The summed E-state index contributed by atoms with van der Waals surface area (Å²) >= 11 is 0. The molecule has 202 valence electrons. The van der Waals surface area contributed by atoms with Crippen molar-refractivity contribution in [3.8, 4) is 0 Å². The predicted molar refractivity (Wildman–Crippen MR) is 132 cm³/mol. The molecule has 0 N–H and O–H groups in total. The molecule has 3 aliphatic heterocycles. The Morgan fingerprint density at radius 1 is 0.432 bits per heavy atom. The highest BCUT2D eigenvalue weighted by molar-refractivity contribution is 5.18. The maximum Gasteiger partial charge on any atom is 0.184 e. The molecule has 2 aromatic carbocycles. The molecule has 9 nitrogen and oxygen atoms in total. The molecule has 0 radical (unpaired) electrons. The fourth-order valence-corrected chi connectivity index (χ4v) is 4.59. The van der Waals surface area contributed by atoms with Gasteiger partial charge in [-0.25, -0.2) is 0 Å². The Labute approximate surface area is 217 Å². The summed E-state index contributed by atoms with van der Waals surface area (Å²) in [5.74, 6) is 0. The summed E-state index contributed by atoms with van der Waals surface area (Å²) in [5.41, 5.74) is 1.87. The van der Waals surface area contributed by atoms with Crippen molar-refractivity contribution in [3.05, 3.63) is 71.8 Å². The fourth-order valence-electron chi connectivity index (χ4n) is 4.59. The van der Waals surface area contributed by atoms with Crippen molar-refractivity contribution in [2.75, 3.05) is 66.1 Å². The highest BCUT2D eigenvalue weighted by atomic mass is 16.7. The van der Waals surface area contributed by atoms with Gasteiger partial charge in [0.2, 0.25) is 0 Å². The van der Waals surface area contributed by atoms with E-state index in [1.54, 1.807) is 0 Å². The lowest BCUT2D eigenvalue weighted by atomic mass is 10.00. The van der Waals surface area contributed by atoms with Crippen LogP contribution in [0.4, 0.5) is 0 Å². The maximum absolute atomic E-state index is 6.55. The third-order valence-corrected chi connectivity index (χ3v) is 6.45. The lowest BCUT2D eigenvalue weighted by Gasteiger charge is -2.45. The number of hydrogen-bond acceptors (Lipinski definition) is 9. The van der Waals surface area contributed by atoms with Crippen molar-refractivity contribution in [2.45, 2.75) is 37.0 Å². The minimum absolute atomic E-state index is 0.347. The summed E-state index contributed by atoms with van der Waals surface area (Å²) in [4.78, 5) is 0. The van der Waals surface area contributed by atoms with Gasteiger partial charge < -0.3 is 42.6 Å². The van der Waals surface area contributed by atoms with Crippen LogP contribution >= 0.6 is 0 Å². The van der Waals surface area contributed by atoms with Gasteiger partial charge in [-0.1, -0.05) is 60.7 Å². The van der Waals surface area contributed by atoms with E-state index in [4.69, 9.17) is 42.6 Å². The minimum atomic E-state index is -0.542. The third kappa shape index (κ3) is 7.57. The van der Waals surface area contributed by atoms with Crippen LogP contribution in [0.5, 0.6) is 0 Å². The highest BCUT2D eigenvalue weighted by Gasteiger charge is 2.46. The molecular formula is C28H36O9. The van der Waals surface area contributed by atoms with Gasteiger partial charge in [-0.15, -0.1) is 0 Å². The van der Waals surface area contributed by atoms with E-state index in [2.05, 4.69) is 0 Å². The molecule has 2 aromatic rings. The van der Waals surface area contributed by atoms with Gasteiger partial charge in [0.05, 0.1) is 66.1 Å². The summed E-state index contributed by atoms with van der Waals surface area (Å²) in [6.45, 7) is 4.35. The molecule has 3 saturated heterocycles. The molecular weight excluding hydrogens is 480 g/mol. The van der Waals surface area contributed by atoms with Gasteiger partial charge in [0.25, 0.3) is 0 Å². The molecule has 6 atom stereocenters. The standard InChI is InChI=1S/C28H36O9/c1-3-7-21(8-4-1)27-34-19-23-25(36-27)26-24(20-35-28(37-26)22-9-5-2-6-10-22)33-18-16-31-14-12-29-11-13-30-15-17-32-23/h1-10,23-28H,11-20H2/t23-,24+,25-,26-,27-,28+/m1/s1. The molecule has 3 aliphatic rings. The van der Waals surface area contributed by atoms with Crippen LogP contribution in [0.3, 0.4) is 0 Å². The van der Waals surface area contributed by atoms with Crippen LogP contribution in [0.2, 0.25) is 0 Å². The lowest BCUT2D eigenvalue weighted by molar-refractivity contribution is -0.340. The molecule has 0 saturated carbocycles. The Hall–Kier alpha value is -1.92. The molecule has 3 heterocycles.